The smallest absolute Gasteiger partial charge is 0.169 e. The molecule has 0 unspecified atom stereocenters. The summed E-state index contributed by atoms with van der Waals surface area (Å²) >= 11 is 0. The van der Waals surface area contributed by atoms with Crippen molar-refractivity contribution in [2.24, 2.45) is 0 Å². The number of benzene rings is 1. The number of hydrogen-bond acceptors (Lipinski definition) is 4. The van der Waals surface area contributed by atoms with Crippen LogP contribution < -0.4 is 4.74 Å². The molecule has 0 saturated heterocycles. The molecule has 0 amide bonds. The van der Waals surface area contributed by atoms with Crippen molar-refractivity contribution >= 4 is 12.1 Å². The highest BCUT2D eigenvalue weighted by Crippen LogP contribution is 2.13. The molecular formula is C15H20O4. The van der Waals surface area contributed by atoms with Crippen molar-refractivity contribution < 1.29 is 19.1 Å². The van der Waals surface area contributed by atoms with Crippen LogP contribution in [0.4, 0.5) is 0 Å². The third-order valence-corrected chi connectivity index (χ3v) is 2.58. The zero-order valence-electron chi connectivity index (χ0n) is 11.3. The van der Waals surface area contributed by atoms with Crippen molar-refractivity contribution in [2.75, 3.05) is 19.8 Å². The number of aldehydes is 1. The Hall–Kier alpha value is -1.68. The van der Waals surface area contributed by atoms with Crippen LogP contribution in [0.3, 0.4) is 0 Å². The van der Waals surface area contributed by atoms with Gasteiger partial charge in [0.1, 0.15) is 18.6 Å². The monoisotopic (exact) mass is 264 g/mol. The molecule has 0 bridgehead atoms. The fourth-order valence-electron chi connectivity index (χ4n) is 1.50. The molecule has 1 aromatic carbocycles. The van der Waals surface area contributed by atoms with Crippen LogP contribution in [0, 0.1) is 0 Å². The van der Waals surface area contributed by atoms with Crippen molar-refractivity contribution in [3.05, 3.63) is 29.8 Å². The number of ketones is 1. The highest BCUT2D eigenvalue weighted by molar-refractivity contribution is 6.02. The van der Waals surface area contributed by atoms with E-state index in [0.717, 1.165) is 19.4 Å². The third kappa shape index (κ3) is 6.15. The van der Waals surface area contributed by atoms with Crippen LogP contribution in [-0.2, 0) is 9.53 Å². The maximum absolute atomic E-state index is 11.4. The first-order valence-electron chi connectivity index (χ1n) is 6.55. The van der Waals surface area contributed by atoms with Crippen LogP contribution in [0.25, 0.3) is 0 Å². The van der Waals surface area contributed by atoms with Gasteiger partial charge in [0.2, 0.25) is 0 Å². The Labute approximate surface area is 113 Å². The van der Waals surface area contributed by atoms with E-state index in [1.54, 1.807) is 24.3 Å². The SMILES string of the molecule is CCCCOCCOc1ccc(C(=O)CC=O)cc1. The molecule has 4 nitrogen and oxygen atoms in total. The summed E-state index contributed by atoms with van der Waals surface area (Å²) in [6.07, 6.45) is 2.72. The predicted octanol–water partition coefficient (Wildman–Crippen LogP) is 2.65. The Bertz CT molecular complexity index is 384. The molecule has 0 atom stereocenters. The molecule has 0 saturated carbocycles. The first kappa shape index (κ1) is 15.4. The molecule has 104 valence electrons. The topological polar surface area (TPSA) is 52.6 Å². The van der Waals surface area contributed by atoms with Crippen molar-refractivity contribution in [1.29, 1.82) is 0 Å². The van der Waals surface area contributed by atoms with Gasteiger partial charge in [-0.05, 0) is 30.7 Å². The molecule has 0 aromatic heterocycles. The van der Waals surface area contributed by atoms with Crippen LogP contribution in [0.15, 0.2) is 24.3 Å². The van der Waals surface area contributed by atoms with E-state index < -0.39 is 0 Å². The molecule has 0 spiro atoms. The van der Waals surface area contributed by atoms with Crippen molar-refractivity contribution in [3.8, 4) is 5.75 Å². The van der Waals surface area contributed by atoms with Crippen LogP contribution in [0.5, 0.6) is 5.75 Å². The zero-order chi connectivity index (χ0) is 13.9. The molecule has 0 aliphatic rings. The lowest BCUT2D eigenvalue weighted by molar-refractivity contribution is -0.107. The summed E-state index contributed by atoms with van der Waals surface area (Å²) in [5, 5.41) is 0. The zero-order valence-corrected chi connectivity index (χ0v) is 11.3. The minimum absolute atomic E-state index is 0.0779. The second kappa shape index (κ2) is 9.28. The fourth-order valence-corrected chi connectivity index (χ4v) is 1.50. The van der Waals surface area contributed by atoms with E-state index in [4.69, 9.17) is 9.47 Å². The van der Waals surface area contributed by atoms with Gasteiger partial charge in [0.15, 0.2) is 5.78 Å². The number of rotatable bonds is 10. The summed E-state index contributed by atoms with van der Waals surface area (Å²) in [6.45, 7) is 3.93. The highest BCUT2D eigenvalue weighted by atomic mass is 16.5. The first-order chi connectivity index (χ1) is 9.27. The van der Waals surface area contributed by atoms with Crippen molar-refractivity contribution in [1.82, 2.24) is 0 Å². The van der Waals surface area contributed by atoms with E-state index in [2.05, 4.69) is 6.92 Å². The summed E-state index contributed by atoms with van der Waals surface area (Å²) < 4.78 is 10.8. The Kier molecular flexibility index (Phi) is 7.51. The molecule has 0 heterocycles. The lowest BCUT2D eigenvalue weighted by Crippen LogP contribution is -2.07. The summed E-state index contributed by atoms with van der Waals surface area (Å²) in [7, 11) is 0. The maximum Gasteiger partial charge on any atom is 0.169 e. The van der Waals surface area contributed by atoms with Gasteiger partial charge in [0, 0.05) is 12.2 Å². The van der Waals surface area contributed by atoms with Crippen LogP contribution in [0.1, 0.15) is 36.5 Å². The fraction of sp³-hybridized carbons (Fsp3) is 0.467. The highest BCUT2D eigenvalue weighted by Gasteiger charge is 2.04. The van der Waals surface area contributed by atoms with Gasteiger partial charge in [0.25, 0.3) is 0 Å². The molecular weight excluding hydrogens is 244 g/mol. The average molecular weight is 264 g/mol. The molecule has 4 heteroatoms. The Morgan fingerprint density at radius 2 is 1.89 bits per heavy atom. The lowest BCUT2D eigenvalue weighted by Gasteiger charge is -2.07. The predicted molar refractivity (Wildman–Crippen MR) is 72.7 cm³/mol. The lowest BCUT2D eigenvalue weighted by atomic mass is 10.1. The molecule has 0 radical (unpaired) electrons. The Morgan fingerprint density at radius 3 is 2.53 bits per heavy atom. The number of Topliss-reactive ketones (excluding diaryl/α,β-unsaturated/α-hetero) is 1. The second-order valence-corrected chi connectivity index (χ2v) is 4.13. The van der Waals surface area contributed by atoms with Gasteiger partial charge < -0.3 is 14.3 Å². The van der Waals surface area contributed by atoms with Crippen LogP contribution in [-0.4, -0.2) is 31.9 Å². The van der Waals surface area contributed by atoms with Gasteiger partial charge in [-0.15, -0.1) is 0 Å². The molecule has 0 aliphatic carbocycles. The molecule has 0 fully saturated rings. The Morgan fingerprint density at radius 1 is 1.16 bits per heavy atom. The molecule has 19 heavy (non-hydrogen) atoms. The number of unbranched alkanes of at least 4 members (excludes halogenated alkanes) is 1. The third-order valence-electron chi connectivity index (χ3n) is 2.58. The molecule has 1 aromatic rings. The van der Waals surface area contributed by atoms with Gasteiger partial charge >= 0.3 is 0 Å². The van der Waals surface area contributed by atoms with Gasteiger partial charge in [-0.1, -0.05) is 13.3 Å². The molecule has 0 aliphatic heterocycles. The molecule has 1 rings (SSSR count). The summed E-state index contributed by atoms with van der Waals surface area (Å²) in [5.41, 5.74) is 0.527. The van der Waals surface area contributed by atoms with E-state index in [0.29, 0.717) is 30.8 Å². The minimum atomic E-state index is -0.176. The van der Waals surface area contributed by atoms with Gasteiger partial charge in [-0.25, -0.2) is 0 Å². The Balaban J connectivity index is 2.28. The first-order valence-corrected chi connectivity index (χ1v) is 6.55. The van der Waals surface area contributed by atoms with Crippen molar-refractivity contribution in [2.45, 2.75) is 26.2 Å². The van der Waals surface area contributed by atoms with Crippen LogP contribution >= 0.6 is 0 Å². The minimum Gasteiger partial charge on any atom is -0.491 e. The standard InChI is InChI=1S/C15H20O4/c1-2-3-10-18-11-12-19-14-6-4-13(5-7-14)15(17)8-9-16/h4-7,9H,2-3,8,10-12H2,1H3. The normalized spacial score (nSPS) is 10.2. The van der Waals surface area contributed by atoms with E-state index in [-0.39, 0.29) is 12.2 Å². The van der Waals surface area contributed by atoms with E-state index in [1.165, 1.54) is 0 Å². The van der Waals surface area contributed by atoms with Crippen LogP contribution in [0.2, 0.25) is 0 Å². The number of carbonyl (C=O) groups is 2. The second-order valence-electron chi connectivity index (χ2n) is 4.13. The number of hydrogen-bond donors (Lipinski definition) is 0. The molecule has 0 N–H and O–H groups in total. The van der Waals surface area contributed by atoms with Gasteiger partial charge in [-0.2, -0.15) is 0 Å². The summed E-state index contributed by atoms with van der Waals surface area (Å²) in [5.74, 6) is 0.520. The van der Waals surface area contributed by atoms with E-state index in [9.17, 15) is 9.59 Å². The largest absolute Gasteiger partial charge is 0.491 e. The average Bonchev–Trinajstić information content (AvgIpc) is 2.43. The number of carbonyl (C=O) groups excluding carboxylic acids is 2. The maximum atomic E-state index is 11.4. The van der Waals surface area contributed by atoms with E-state index in [1.807, 2.05) is 0 Å². The van der Waals surface area contributed by atoms with Crippen molar-refractivity contribution in [3.63, 3.8) is 0 Å². The van der Waals surface area contributed by atoms with Gasteiger partial charge in [0.05, 0.1) is 13.0 Å². The number of ether oxygens (including phenoxy) is 2. The summed E-state index contributed by atoms with van der Waals surface area (Å²) in [4.78, 5) is 21.7. The van der Waals surface area contributed by atoms with E-state index >= 15 is 0 Å². The summed E-state index contributed by atoms with van der Waals surface area (Å²) in [6, 6.07) is 6.78. The van der Waals surface area contributed by atoms with Gasteiger partial charge in [-0.3, -0.25) is 4.79 Å². The quantitative estimate of drug-likeness (QED) is 0.282.